The normalized spacial score (nSPS) is 10.2. The van der Waals surface area contributed by atoms with Crippen molar-refractivity contribution in [3.8, 4) is 0 Å². The Balaban J connectivity index is 1.83. The number of ether oxygens (including phenoxy) is 1. The van der Waals surface area contributed by atoms with Gasteiger partial charge in [0, 0.05) is 15.4 Å². The summed E-state index contributed by atoms with van der Waals surface area (Å²) in [6.45, 7) is 7.07. The summed E-state index contributed by atoms with van der Waals surface area (Å²) in [6, 6.07) is 6.47. The van der Waals surface area contributed by atoms with Crippen molar-refractivity contribution >= 4 is 34.9 Å². The van der Waals surface area contributed by atoms with Crippen molar-refractivity contribution in [3.05, 3.63) is 50.7 Å². The molecule has 6 nitrogen and oxygen atoms in total. The molecule has 2 aromatic rings. The van der Waals surface area contributed by atoms with Crippen LogP contribution in [0, 0.1) is 27.7 Å². The van der Waals surface area contributed by atoms with Crippen molar-refractivity contribution in [3.63, 3.8) is 0 Å². The van der Waals surface area contributed by atoms with Gasteiger partial charge in [0.15, 0.2) is 6.61 Å². The fraction of sp³-hybridized carbons (Fsp3) is 0.278. The summed E-state index contributed by atoms with van der Waals surface area (Å²) in [7, 11) is 0. The summed E-state index contributed by atoms with van der Waals surface area (Å²) in [5.74, 6) is -1.27. The SMILES string of the molecule is Cc1cc(C(=O)OCC(=O)NC(=O)Nc2ccc(C)c(C)c2)c(C)s1. The van der Waals surface area contributed by atoms with Gasteiger partial charge in [-0.05, 0) is 57.0 Å². The number of amides is 3. The third-order valence-corrected chi connectivity index (χ3v) is 4.58. The summed E-state index contributed by atoms with van der Waals surface area (Å²) < 4.78 is 4.95. The summed E-state index contributed by atoms with van der Waals surface area (Å²) in [5, 5.41) is 4.69. The van der Waals surface area contributed by atoms with Crippen molar-refractivity contribution in [2.24, 2.45) is 0 Å². The molecule has 25 heavy (non-hydrogen) atoms. The molecule has 2 N–H and O–H groups in total. The average Bonchev–Trinajstić information content (AvgIpc) is 2.87. The van der Waals surface area contributed by atoms with Gasteiger partial charge in [0.25, 0.3) is 5.91 Å². The minimum atomic E-state index is -0.695. The molecule has 0 bridgehead atoms. The van der Waals surface area contributed by atoms with Crippen molar-refractivity contribution in [2.45, 2.75) is 27.7 Å². The number of hydrogen-bond acceptors (Lipinski definition) is 5. The van der Waals surface area contributed by atoms with Crippen LogP contribution in [0.4, 0.5) is 10.5 Å². The highest BCUT2D eigenvalue weighted by atomic mass is 32.1. The van der Waals surface area contributed by atoms with Crippen molar-refractivity contribution in [2.75, 3.05) is 11.9 Å². The Morgan fingerprint density at radius 1 is 1.04 bits per heavy atom. The van der Waals surface area contributed by atoms with Gasteiger partial charge >= 0.3 is 12.0 Å². The molecule has 3 amide bonds. The summed E-state index contributed by atoms with van der Waals surface area (Å²) in [6.07, 6.45) is 0. The predicted molar refractivity (Wildman–Crippen MR) is 97.2 cm³/mol. The van der Waals surface area contributed by atoms with Gasteiger partial charge < -0.3 is 10.1 Å². The maximum Gasteiger partial charge on any atom is 0.339 e. The van der Waals surface area contributed by atoms with E-state index in [1.807, 2.05) is 33.8 Å². The van der Waals surface area contributed by atoms with Gasteiger partial charge in [-0.25, -0.2) is 9.59 Å². The van der Waals surface area contributed by atoms with Gasteiger partial charge in [-0.2, -0.15) is 0 Å². The van der Waals surface area contributed by atoms with E-state index in [2.05, 4.69) is 10.6 Å². The number of carbonyl (C=O) groups excluding carboxylic acids is 3. The second kappa shape index (κ2) is 7.94. The number of urea groups is 1. The molecule has 0 aliphatic carbocycles. The van der Waals surface area contributed by atoms with Crippen LogP contribution in [0.15, 0.2) is 24.3 Å². The third-order valence-electron chi connectivity index (χ3n) is 3.61. The van der Waals surface area contributed by atoms with E-state index in [0.29, 0.717) is 11.3 Å². The van der Waals surface area contributed by atoms with E-state index in [-0.39, 0.29) is 0 Å². The number of anilines is 1. The Kier molecular flexibility index (Phi) is 5.93. The predicted octanol–water partition coefficient (Wildman–Crippen LogP) is 3.49. The van der Waals surface area contributed by atoms with Gasteiger partial charge in [-0.15, -0.1) is 11.3 Å². The summed E-state index contributed by atoms with van der Waals surface area (Å²) in [4.78, 5) is 37.3. The fourth-order valence-electron chi connectivity index (χ4n) is 2.19. The van der Waals surface area contributed by atoms with E-state index in [1.165, 1.54) is 11.3 Å². The van der Waals surface area contributed by atoms with E-state index in [9.17, 15) is 14.4 Å². The zero-order chi connectivity index (χ0) is 18.6. The lowest BCUT2D eigenvalue weighted by Gasteiger charge is -2.09. The minimum absolute atomic E-state index is 0.440. The molecule has 1 heterocycles. The van der Waals surface area contributed by atoms with Gasteiger partial charge in [-0.3, -0.25) is 10.1 Å². The van der Waals surface area contributed by atoms with Crippen LogP contribution in [0.2, 0.25) is 0 Å². The lowest BCUT2D eigenvalue weighted by molar-refractivity contribution is -0.123. The molecule has 0 saturated carbocycles. The van der Waals surface area contributed by atoms with Gasteiger partial charge in [-0.1, -0.05) is 6.07 Å². The van der Waals surface area contributed by atoms with Crippen molar-refractivity contribution < 1.29 is 19.1 Å². The number of nitrogens with one attached hydrogen (secondary N) is 2. The Morgan fingerprint density at radius 2 is 1.76 bits per heavy atom. The maximum atomic E-state index is 11.9. The zero-order valence-electron chi connectivity index (χ0n) is 14.6. The topological polar surface area (TPSA) is 84.5 Å². The number of thiophene rings is 1. The lowest BCUT2D eigenvalue weighted by atomic mass is 10.1. The van der Waals surface area contributed by atoms with Crippen LogP contribution in [0.25, 0.3) is 0 Å². The Hall–Kier alpha value is -2.67. The van der Waals surface area contributed by atoms with Gasteiger partial charge in [0.1, 0.15) is 0 Å². The molecule has 0 aliphatic rings. The molecule has 0 atom stereocenters. The summed E-state index contributed by atoms with van der Waals surface area (Å²) in [5.41, 5.74) is 3.15. The average molecular weight is 360 g/mol. The van der Waals surface area contributed by atoms with Crippen LogP contribution in [-0.2, 0) is 9.53 Å². The van der Waals surface area contributed by atoms with E-state index < -0.39 is 24.5 Å². The van der Waals surface area contributed by atoms with Crippen LogP contribution in [0.1, 0.15) is 31.2 Å². The smallest absolute Gasteiger partial charge is 0.339 e. The Labute approximate surface area is 150 Å². The van der Waals surface area contributed by atoms with Gasteiger partial charge in [0.05, 0.1) is 5.56 Å². The molecule has 0 unspecified atom stereocenters. The minimum Gasteiger partial charge on any atom is -0.452 e. The molecule has 2 rings (SSSR count). The van der Waals surface area contributed by atoms with Crippen LogP contribution >= 0.6 is 11.3 Å². The lowest BCUT2D eigenvalue weighted by Crippen LogP contribution is -2.37. The first-order chi connectivity index (χ1) is 11.8. The molecule has 132 valence electrons. The molecule has 7 heteroatoms. The second-order valence-electron chi connectivity index (χ2n) is 5.70. The molecule has 1 aromatic heterocycles. The quantitative estimate of drug-likeness (QED) is 0.818. The molecule has 0 aliphatic heterocycles. The number of carbonyl (C=O) groups is 3. The monoisotopic (exact) mass is 360 g/mol. The molecular formula is C18H20N2O4S. The van der Waals surface area contributed by atoms with Crippen LogP contribution < -0.4 is 10.6 Å². The number of rotatable bonds is 4. The maximum absolute atomic E-state index is 11.9. The fourth-order valence-corrected chi connectivity index (χ4v) is 3.10. The van der Waals surface area contributed by atoms with Crippen LogP contribution in [0.3, 0.4) is 0 Å². The van der Waals surface area contributed by atoms with E-state index in [4.69, 9.17) is 4.74 Å². The first kappa shape index (κ1) is 18.7. The zero-order valence-corrected chi connectivity index (χ0v) is 15.4. The van der Waals surface area contributed by atoms with Crippen LogP contribution in [-0.4, -0.2) is 24.5 Å². The highest BCUT2D eigenvalue weighted by molar-refractivity contribution is 7.12. The number of imide groups is 1. The van der Waals surface area contributed by atoms with Crippen LogP contribution in [0.5, 0.6) is 0 Å². The second-order valence-corrected chi connectivity index (χ2v) is 7.16. The highest BCUT2D eigenvalue weighted by Crippen LogP contribution is 2.21. The molecule has 1 aromatic carbocycles. The van der Waals surface area contributed by atoms with E-state index in [0.717, 1.165) is 20.9 Å². The first-order valence-corrected chi connectivity index (χ1v) is 8.50. The first-order valence-electron chi connectivity index (χ1n) is 7.68. The highest BCUT2D eigenvalue weighted by Gasteiger charge is 2.16. The number of aryl methyl sites for hydroxylation is 4. The molecule has 0 spiro atoms. The van der Waals surface area contributed by atoms with E-state index >= 15 is 0 Å². The van der Waals surface area contributed by atoms with Crippen molar-refractivity contribution in [1.82, 2.24) is 5.32 Å². The molecule has 0 radical (unpaired) electrons. The third kappa shape index (κ3) is 5.15. The Morgan fingerprint density at radius 3 is 2.36 bits per heavy atom. The number of hydrogen-bond donors (Lipinski definition) is 2. The van der Waals surface area contributed by atoms with Crippen molar-refractivity contribution in [1.29, 1.82) is 0 Å². The summed E-state index contributed by atoms with van der Waals surface area (Å²) >= 11 is 1.48. The Bertz CT molecular complexity index is 826. The van der Waals surface area contributed by atoms with E-state index in [1.54, 1.807) is 18.2 Å². The number of esters is 1. The number of benzene rings is 1. The standard InChI is InChI=1S/C18H20N2O4S/c1-10-5-6-14(7-11(10)2)19-18(23)20-16(21)9-24-17(22)15-8-12(3)25-13(15)4/h5-8H,9H2,1-4H3,(H2,19,20,21,23). The molecule has 0 fully saturated rings. The molecular weight excluding hydrogens is 340 g/mol. The molecule has 0 saturated heterocycles. The largest absolute Gasteiger partial charge is 0.452 e. The van der Waals surface area contributed by atoms with Gasteiger partial charge in [0.2, 0.25) is 0 Å².